The van der Waals surface area contributed by atoms with E-state index in [-0.39, 0.29) is 11.8 Å². The van der Waals surface area contributed by atoms with E-state index in [1.54, 1.807) is 0 Å². The summed E-state index contributed by atoms with van der Waals surface area (Å²) in [7, 11) is -1.12. The monoisotopic (exact) mass is 476 g/mol. The molecule has 0 aromatic carbocycles. The average molecular weight is 477 g/mol. The van der Waals surface area contributed by atoms with Crippen LogP contribution in [0, 0.1) is 17.2 Å². The second kappa shape index (κ2) is 8.67. The van der Waals surface area contributed by atoms with Gasteiger partial charge in [-0.3, -0.25) is 9.48 Å². The molecule has 0 unspecified atom stereocenters. The lowest BCUT2D eigenvalue weighted by Gasteiger charge is -2.49. The second-order valence-electron chi connectivity index (χ2n) is 10.9. The quantitative estimate of drug-likeness (QED) is 0.343. The van der Waals surface area contributed by atoms with Crippen LogP contribution in [-0.4, -0.2) is 57.9 Å². The van der Waals surface area contributed by atoms with Crippen LogP contribution >= 0.6 is 0 Å². The highest BCUT2D eigenvalue weighted by Gasteiger charge is 2.50. The smallest absolute Gasteiger partial charge is 0.225 e. The molecule has 9 heteroatoms. The number of hydrogen-bond acceptors (Lipinski definition) is 5. The van der Waals surface area contributed by atoms with E-state index >= 15 is 0 Å². The van der Waals surface area contributed by atoms with Gasteiger partial charge in [0.1, 0.15) is 17.9 Å². The zero-order valence-electron chi connectivity index (χ0n) is 20.2. The Kier molecular flexibility index (Phi) is 5.82. The second-order valence-corrected chi connectivity index (χ2v) is 16.6. The van der Waals surface area contributed by atoms with Crippen molar-refractivity contribution >= 4 is 25.0 Å². The van der Waals surface area contributed by atoms with Crippen molar-refractivity contribution in [3.8, 4) is 17.2 Å². The van der Waals surface area contributed by atoms with Gasteiger partial charge >= 0.3 is 0 Å². The van der Waals surface area contributed by atoms with Gasteiger partial charge in [-0.05, 0) is 36.6 Å². The predicted octanol–water partition coefficient (Wildman–Crippen LogP) is 4.07. The van der Waals surface area contributed by atoms with Crippen LogP contribution in [0.4, 0.5) is 0 Å². The van der Waals surface area contributed by atoms with Gasteiger partial charge in [-0.15, -0.1) is 0 Å². The number of carbonyl (C=O) groups excluding carboxylic acids is 1. The number of pyridine rings is 1. The van der Waals surface area contributed by atoms with Crippen LogP contribution in [0.3, 0.4) is 0 Å². The predicted molar refractivity (Wildman–Crippen MR) is 133 cm³/mol. The lowest BCUT2D eigenvalue weighted by molar-refractivity contribution is -0.144. The molecule has 1 amide bonds. The lowest BCUT2D eigenvalue weighted by atomic mass is 9.86. The molecule has 5 rings (SSSR count). The molecule has 0 bridgehead atoms. The van der Waals surface area contributed by atoms with Crippen LogP contribution < -0.4 is 0 Å². The molecule has 0 atom stereocenters. The van der Waals surface area contributed by atoms with Crippen LogP contribution in [0.2, 0.25) is 25.7 Å². The fourth-order valence-electron chi connectivity index (χ4n) is 4.60. The summed E-state index contributed by atoms with van der Waals surface area (Å²) in [6.07, 6.45) is 10.0. The van der Waals surface area contributed by atoms with Crippen LogP contribution in [0.5, 0.6) is 0 Å². The van der Waals surface area contributed by atoms with E-state index in [4.69, 9.17) is 4.74 Å². The van der Waals surface area contributed by atoms with Gasteiger partial charge in [-0.2, -0.15) is 10.4 Å². The van der Waals surface area contributed by atoms with Gasteiger partial charge < -0.3 is 14.2 Å². The number of likely N-dealkylation sites (tertiary alicyclic amines) is 1. The molecule has 34 heavy (non-hydrogen) atoms. The molecule has 0 N–H and O–H groups in total. The topological polar surface area (TPSA) is 89.0 Å². The van der Waals surface area contributed by atoms with Crippen molar-refractivity contribution in [2.45, 2.75) is 57.2 Å². The Morgan fingerprint density at radius 1 is 1.29 bits per heavy atom. The number of hydrogen-bond donors (Lipinski definition) is 0. The highest BCUT2D eigenvalue weighted by molar-refractivity contribution is 6.76. The number of rotatable bonds is 9. The van der Waals surface area contributed by atoms with E-state index in [1.165, 1.54) is 0 Å². The summed E-state index contributed by atoms with van der Waals surface area (Å²) < 4.78 is 9.87. The first-order valence-electron chi connectivity index (χ1n) is 12.0. The van der Waals surface area contributed by atoms with Crippen LogP contribution in [-0.2, 0) is 21.8 Å². The Morgan fingerprint density at radius 2 is 2.09 bits per heavy atom. The molecule has 3 aromatic heterocycles. The van der Waals surface area contributed by atoms with Crippen molar-refractivity contribution in [2.24, 2.45) is 5.92 Å². The highest BCUT2D eigenvalue weighted by atomic mass is 28.3. The molecule has 1 aliphatic heterocycles. The van der Waals surface area contributed by atoms with Crippen molar-refractivity contribution in [1.29, 1.82) is 5.26 Å². The van der Waals surface area contributed by atoms with E-state index in [0.717, 1.165) is 47.7 Å². The summed E-state index contributed by atoms with van der Waals surface area (Å²) in [6, 6.07) is 7.51. The van der Waals surface area contributed by atoms with Gasteiger partial charge in [0.15, 0.2) is 0 Å². The maximum Gasteiger partial charge on any atom is 0.225 e. The summed E-state index contributed by atoms with van der Waals surface area (Å²) >= 11 is 0. The Bertz CT molecular complexity index is 1240. The summed E-state index contributed by atoms with van der Waals surface area (Å²) in [5, 5.41) is 15.1. The summed E-state index contributed by atoms with van der Waals surface area (Å²) in [4.78, 5) is 18.9. The zero-order chi connectivity index (χ0) is 23.9. The van der Waals surface area contributed by atoms with E-state index in [1.807, 2.05) is 45.0 Å². The first-order valence-corrected chi connectivity index (χ1v) is 15.7. The van der Waals surface area contributed by atoms with Crippen molar-refractivity contribution in [3.05, 3.63) is 36.9 Å². The molecule has 178 valence electrons. The number of nitriles is 1. The Morgan fingerprint density at radius 3 is 2.79 bits per heavy atom. The van der Waals surface area contributed by atoms with Crippen LogP contribution in [0.1, 0.15) is 19.3 Å². The fraction of sp³-hybridized carbons (Fsp3) is 0.520. The molecule has 0 spiro atoms. The maximum absolute atomic E-state index is 12.4. The molecular formula is C25H32N6O2Si. The third-order valence-electron chi connectivity index (χ3n) is 6.89. The van der Waals surface area contributed by atoms with E-state index in [0.29, 0.717) is 26.2 Å². The molecular weight excluding hydrogens is 444 g/mol. The number of amides is 1. The highest BCUT2D eigenvalue weighted by Crippen LogP contribution is 2.39. The normalized spacial score (nSPS) is 17.5. The largest absolute Gasteiger partial charge is 0.361 e. The molecule has 2 fully saturated rings. The molecule has 3 aromatic rings. The zero-order valence-corrected chi connectivity index (χ0v) is 21.2. The number of fused-ring (bicyclic) bond motifs is 1. The van der Waals surface area contributed by atoms with Gasteiger partial charge in [0.25, 0.3) is 0 Å². The molecule has 4 heterocycles. The summed E-state index contributed by atoms with van der Waals surface area (Å²) in [5.41, 5.74) is 2.47. The van der Waals surface area contributed by atoms with Gasteiger partial charge in [-0.1, -0.05) is 19.6 Å². The van der Waals surface area contributed by atoms with Crippen molar-refractivity contribution in [2.75, 3.05) is 19.7 Å². The Balaban J connectivity index is 1.34. The lowest BCUT2D eigenvalue weighted by Crippen LogP contribution is -2.64. The minimum Gasteiger partial charge on any atom is -0.361 e. The Labute approximate surface area is 201 Å². The van der Waals surface area contributed by atoms with Crippen molar-refractivity contribution in [3.63, 3.8) is 0 Å². The summed E-state index contributed by atoms with van der Waals surface area (Å²) in [5.74, 6) is 0.423. The maximum atomic E-state index is 12.4. The minimum atomic E-state index is -1.12. The standard InChI is InChI=1S/C25H32N6O2Si/c1-34(2,3)13-12-33-18-29-11-7-22-21(6-10-27-23(22)29)20-14-28-31(15-20)25(8-9-26)16-30(17-25)24(32)19-4-5-19/h6-7,10-11,14-15,19H,4-5,8,12-13,16-18H2,1-3H3. The first-order chi connectivity index (χ1) is 16.3. The molecule has 1 saturated heterocycles. The van der Waals surface area contributed by atoms with Crippen LogP contribution in [0.15, 0.2) is 36.9 Å². The third kappa shape index (κ3) is 4.40. The number of aromatic nitrogens is 4. The van der Waals surface area contributed by atoms with E-state index in [9.17, 15) is 10.1 Å². The molecule has 1 aliphatic carbocycles. The Hall–Kier alpha value is -2.96. The first kappa shape index (κ1) is 22.8. The third-order valence-corrected chi connectivity index (χ3v) is 8.59. The van der Waals surface area contributed by atoms with Gasteiger partial charge in [0.2, 0.25) is 5.91 Å². The number of ether oxygens (including phenoxy) is 1. The average Bonchev–Trinajstić information content (AvgIpc) is 3.36. The van der Waals surface area contributed by atoms with Gasteiger partial charge in [0.05, 0.1) is 18.7 Å². The van der Waals surface area contributed by atoms with E-state index < -0.39 is 13.6 Å². The number of carbonyl (C=O) groups is 1. The molecule has 2 aliphatic rings. The molecule has 8 nitrogen and oxygen atoms in total. The van der Waals surface area contributed by atoms with Crippen LogP contribution in [0.25, 0.3) is 22.2 Å². The van der Waals surface area contributed by atoms with Gasteiger partial charge in [-0.25, -0.2) is 4.98 Å². The van der Waals surface area contributed by atoms with Gasteiger partial charge in [0, 0.05) is 63.2 Å². The minimum absolute atomic E-state index is 0.196. The number of nitrogens with zero attached hydrogens (tertiary/aromatic N) is 6. The SMILES string of the molecule is C[Si](C)(C)CCOCn1ccc2c(-c3cnn(C4(CC#N)CN(C(=O)C5CC5)C4)c3)ccnc21. The summed E-state index contributed by atoms with van der Waals surface area (Å²) in [6.45, 7) is 9.40. The van der Waals surface area contributed by atoms with Crippen molar-refractivity contribution < 1.29 is 9.53 Å². The molecule has 0 radical (unpaired) electrons. The van der Waals surface area contributed by atoms with E-state index in [2.05, 4.69) is 41.9 Å². The van der Waals surface area contributed by atoms with Crippen molar-refractivity contribution in [1.82, 2.24) is 24.2 Å². The fourth-order valence-corrected chi connectivity index (χ4v) is 5.36. The molecule has 1 saturated carbocycles.